The minimum Gasteiger partial charge on any atom is -0.493 e. The van der Waals surface area contributed by atoms with E-state index in [0.29, 0.717) is 5.92 Å². The maximum Gasteiger partial charge on any atom is 0.122 e. The van der Waals surface area contributed by atoms with Gasteiger partial charge in [-0.2, -0.15) is 0 Å². The number of aryl methyl sites for hydroxylation is 1. The summed E-state index contributed by atoms with van der Waals surface area (Å²) in [5, 5.41) is 3.60. The van der Waals surface area contributed by atoms with Gasteiger partial charge in [-0.25, -0.2) is 0 Å². The summed E-state index contributed by atoms with van der Waals surface area (Å²) in [5.74, 6) is 3.49. The first-order valence-corrected chi connectivity index (χ1v) is 7.87. The van der Waals surface area contributed by atoms with Crippen molar-refractivity contribution >= 4 is 0 Å². The topological polar surface area (TPSA) is 34.4 Å². The highest BCUT2D eigenvalue weighted by molar-refractivity contribution is 5.39. The van der Waals surface area contributed by atoms with Gasteiger partial charge in [-0.3, -0.25) is 0 Å². The third kappa shape index (κ3) is 2.84. The molecular weight excluding hydrogens is 262 g/mol. The normalized spacial score (nSPS) is 18.9. The maximum atomic E-state index is 6.01. The molecule has 3 heteroatoms. The van der Waals surface area contributed by atoms with Gasteiger partial charge in [0.25, 0.3) is 0 Å². The number of benzene rings is 1. The van der Waals surface area contributed by atoms with E-state index in [1.807, 2.05) is 6.07 Å². The number of furan rings is 1. The number of hydrogen-bond donors (Lipinski definition) is 1. The third-order valence-corrected chi connectivity index (χ3v) is 4.17. The number of nitrogens with one attached hydrogen (secondary N) is 1. The molecule has 0 bridgehead atoms. The highest BCUT2D eigenvalue weighted by atomic mass is 16.5. The Balaban J connectivity index is 1.94. The number of fused-ring (bicyclic) bond motifs is 1. The van der Waals surface area contributed by atoms with Crippen LogP contribution in [0.15, 0.2) is 40.8 Å². The molecule has 2 unspecified atom stereocenters. The Morgan fingerprint density at radius 2 is 2.05 bits per heavy atom. The van der Waals surface area contributed by atoms with Crippen LogP contribution >= 0.6 is 0 Å². The van der Waals surface area contributed by atoms with Crippen molar-refractivity contribution in [3.8, 4) is 5.75 Å². The van der Waals surface area contributed by atoms with Crippen molar-refractivity contribution in [3.63, 3.8) is 0 Å². The molecule has 0 saturated carbocycles. The van der Waals surface area contributed by atoms with Crippen molar-refractivity contribution < 1.29 is 9.15 Å². The predicted molar refractivity (Wildman–Crippen MR) is 83.8 cm³/mol. The van der Waals surface area contributed by atoms with E-state index >= 15 is 0 Å². The molecule has 1 aliphatic rings. The van der Waals surface area contributed by atoms with Gasteiger partial charge in [0.15, 0.2) is 0 Å². The van der Waals surface area contributed by atoms with Crippen LogP contribution in [0.3, 0.4) is 0 Å². The monoisotopic (exact) mass is 285 g/mol. The quantitative estimate of drug-likeness (QED) is 0.899. The van der Waals surface area contributed by atoms with E-state index < -0.39 is 0 Å². The standard InChI is InChI=1S/C18H23NO2/c1-3-13-9-10-17(21-13)18(19-4-2)15-11-12-20-16-8-6-5-7-14(15)16/h5-10,15,18-19H,3-4,11-12H2,1-2H3. The summed E-state index contributed by atoms with van der Waals surface area (Å²) in [6.45, 7) is 5.95. The second-order valence-electron chi connectivity index (χ2n) is 5.47. The van der Waals surface area contributed by atoms with Crippen LogP contribution in [-0.2, 0) is 6.42 Å². The molecule has 3 rings (SSSR count). The summed E-state index contributed by atoms with van der Waals surface area (Å²) in [6, 6.07) is 12.8. The molecule has 0 saturated heterocycles. The Labute approximate surface area is 126 Å². The fraction of sp³-hybridized carbons (Fsp3) is 0.444. The number of likely N-dealkylation sites (N-methyl/N-ethyl adjacent to an activating group) is 1. The van der Waals surface area contributed by atoms with E-state index in [1.54, 1.807) is 0 Å². The van der Waals surface area contributed by atoms with E-state index in [2.05, 4.69) is 49.5 Å². The molecule has 0 amide bonds. The molecule has 1 N–H and O–H groups in total. The van der Waals surface area contributed by atoms with Gasteiger partial charge in [0.1, 0.15) is 17.3 Å². The zero-order chi connectivity index (χ0) is 14.7. The minimum absolute atomic E-state index is 0.209. The van der Waals surface area contributed by atoms with E-state index in [1.165, 1.54) is 5.56 Å². The molecule has 0 aliphatic carbocycles. The fourth-order valence-corrected chi connectivity index (χ4v) is 3.13. The molecule has 3 nitrogen and oxygen atoms in total. The summed E-state index contributed by atoms with van der Waals surface area (Å²) in [5.41, 5.74) is 1.28. The molecule has 2 aromatic rings. The van der Waals surface area contributed by atoms with Crippen molar-refractivity contribution in [2.24, 2.45) is 0 Å². The summed E-state index contributed by atoms with van der Waals surface area (Å²) in [6.07, 6.45) is 1.94. The van der Waals surface area contributed by atoms with Crippen molar-refractivity contribution in [2.75, 3.05) is 13.2 Å². The van der Waals surface area contributed by atoms with E-state index in [4.69, 9.17) is 9.15 Å². The van der Waals surface area contributed by atoms with Gasteiger partial charge in [0.05, 0.1) is 12.6 Å². The second-order valence-corrected chi connectivity index (χ2v) is 5.47. The minimum atomic E-state index is 0.209. The van der Waals surface area contributed by atoms with Crippen LogP contribution in [0.1, 0.15) is 49.3 Å². The zero-order valence-electron chi connectivity index (χ0n) is 12.8. The van der Waals surface area contributed by atoms with Gasteiger partial charge < -0.3 is 14.5 Å². The fourth-order valence-electron chi connectivity index (χ4n) is 3.13. The van der Waals surface area contributed by atoms with Gasteiger partial charge in [-0.05, 0) is 36.7 Å². The lowest BCUT2D eigenvalue weighted by molar-refractivity contribution is 0.236. The maximum absolute atomic E-state index is 6.01. The highest BCUT2D eigenvalue weighted by Gasteiger charge is 2.31. The molecule has 1 aliphatic heterocycles. The van der Waals surface area contributed by atoms with Crippen LogP contribution in [-0.4, -0.2) is 13.2 Å². The van der Waals surface area contributed by atoms with Crippen molar-refractivity contribution in [2.45, 2.75) is 38.6 Å². The summed E-state index contributed by atoms with van der Waals surface area (Å²) < 4.78 is 11.8. The lowest BCUT2D eigenvalue weighted by atomic mass is 9.85. The number of rotatable bonds is 5. The number of para-hydroxylation sites is 1. The first kappa shape index (κ1) is 14.2. The van der Waals surface area contributed by atoms with Crippen molar-refractivity contribution in [1.82, 2.24) is 5.32 Å². The van der Waals surface area contributed by atoms with Crippen molar-refractivity contribution in [3.05, 3.63) is 53.5 Å². The molecule has 2 heterocycles. The Hall–Kier alpha value is -1.74. The Morgan fingerprint density at radius 3 is 2.81 bits per heavy atom. The SMILES string of the molecule is CCNC(c1ccc(CC)o1)C1CCOc2ccccc21. The van der Waals surface area contributed by atoms with Gasteiger partial charge in [-0.1, -0.05) is 32.0 Å². The van der Waals surface area contributed by atoms with Crippen molar-refractivity contribution in [1.29, 1.82) is 0 Å². The first-order valence-electron chi connectivity index (χ1n) is 7.87. The largest absolute Gasteiger partial charge is 0.493 e. The van der Waals surface area contributed by atoms with E-state index in [9.17, 15) is 0 Å². The van der Waals surface area contributed by atoms with Crippen LogP contribution in [0.2, 0.25) is 0 Å². The molecular formula is C18H23NO2. The van der Waals surface area contributed by atoms with Gasteiger partial charge >= 0.3 is 0 Å². The molecule has 21 heavy (non-hydrogen) atoms. The predicted octanol–water partition coefficient (Wildman–Crippen LogP) is 4.06. The summed E-state index contributed by atoms with van der Waals surface area (Å²) in [4.78, 5) is 0. The molecule has 1 aromatic heterocycles. The molecule has 2 atom stereocenters. The average molecular weight is 285 g/mol. The highest BCUT2D eigenvalue weighted by Crippen LogP contribution is 2.41. The third-order valence-electron chi connectivity index (χ3n) is 4.17. The smallest absolute Gasteiger partial charge is 0.122 e. The number of ether oxygens (including phenoxy) is 1. The zero-order valence-corrected chi connectivity index (χ0v) is 12.8. The summed E-state index contributed by atoms with van der Waals surface area (Å²) in [7, 11) is 0. The molecule has 1 aromatic carbocycles. The molecule has 0 fully saturated rings. The van der Waals surface area contributed by atoms with Crippen LogP contribution < -0.4 is 10.1 Å². The van der Waals surface area contributed by atoms with Gasteiger partial charge in [0, 0.05) is 12.3 Å². The Kier molecular flexibility index (Phi) is 4.30. The van der Waals surface area contributed by atoms with Crippen LogP contribution in [0, 0.1) is 0 Å². The molecule has 112 valence electrons. The second kappa shape index (κ2) is 6.35. The first-order chi connectivity index (χ1) is 10.3. The summed E-state index contributed by atoms with van der Waals surface area (Å²) >= 11 is 0. The Morgan fingerprint density at radius 1 is 1.19 bits per heavy atom. The van der Waals surface area contributed by atoms with Gasteiger partial charge in [-0.15, -0.1) is 0 Å². The van der Waals surface area contributed by atoms with E-state index in [-0.39, 0.29) is 6.04 Å². The van der Waals surface area contributed by atoms with E-state index in [0.717, 1.165) is 43.3 Å². The Bertz CT molecular complexity index is 590. The van der Waals surface area contributed by atoms with Gasteiger partial charge in [0.2, 0.25) is 0 Å². The van der Waals surface area contributed by atoms with Crippen LogP contribution in [0.25, 0.3) is 0 Å². The molecule has 0 spiro atoms. The lowest BCUT2D eigenvalue weighted by Gasteiger charge is -2.31. The van der Waals surface area contributed by atoms with Crippen LogP contribution in [0.4, 0.5) is 0 Å². The molecule has 0 radical (unpaired) electrons. The van der Waals surface area contributed by atoms with Crippen LogP contribution in [0.5, 0.6) is 5.75 Å². The average Bonchev–Trinajstić information content (AvgIpc) is 3.01. The number of hydrogen-bond acceptors (Lipinski definition) is 3. The lowest BCUT2D eigenvalue weighted by Crippen LogP contribution is -2.30.